The molecule has 1 saturated heterocycles. The highest BCUT2D eigenvalue weighted by atomic mass is 16.2. The van der Waals surface area contributed by atoms with E-state index in [1.165, 1.54) is 0 Å². The summed E-state index contributed by atoms with van der Waals surface area (Å²) in [6, 6.07) is 6.36. The molecule has 2 aromatic heterocycles. The maximum absolute atomic E-state index is 12.8. The normalized spacial score (nSPS) is 15.6. The van der Waals surface area contributed by atoms with Crippen LogP contribution in [0.5, 0.6) is 0 Å². The summed E-state index contributed by atoms with van der Waals surface area (Å²) in [6.07, 6.45) is 3.85. The fourth-order valence-corrected chi connectivity index (χ4v) is 3.67. The Balaban J connectivity index is 1.56. The SMILES string of the molecule is Cc1c(C(=O)Nc2ccc3cnn(C(C)C)c3c2)nnn1C1CCNCC1. The number of nitrogens with zero attached hydrogens (tertiary/aromatic N) is 5. The number of piperidine rings is 1. The average molecular weight is 367 g/mol. The highest BCUT2D eigenvalue weighted by Crippen LogP contribution is 2.23. The van der Waals surface area contributed by atoms with Crippen molar-refractivity contribution in [3.8, 4) is 0 Å². The number of carbonyl (C=O) groups is 1. The first-order valence-corrected chi connectivity index (χ1v) is 9.45. The van der Waals surface area contributed by atoms with Gasteiger partial charge in [0.1, 0.15) is 0 Å². The Kier molecular flexibility index (Phi) is 4.65. The van der Waals surface area contributed by atoms with Gasteiger partial charge in [0, 0.05) is 17.1 Å². The van der Waals surface area contributed by atoms with E-state index in [4.69, 9.17) is 0 Å². The van der Waals surface area contributed by atoms with Crippen LogP contribution in [-0.2, 0) is 0 Å². The quantitative estimate of drug-likeness (QED) is 0.740. The van der Waals surface area contributed by atoms with Gasteiger partial charge in [-0.2, -0.15) is 5.10 Å². The number of fused-ring (bicyclic) bond motifs is 1. The van der Waals surface area contributed by atoms with E-state index in [1.54, 1.807) is 0 Å². The van der Waals surface area contributed by atoms with E-state index >= 15 is 0 Å². The molecule has 2 N–H and O–H groups in total. The van der Waals surface area contributed by atoms with Gasteiger partial charge in [-0.25, -0.2) is 4.68 Å². The molecule has 3 heterocycles. The Morgan fingerprint density at radius 3 is 2.81 bits per heavy atom. The third-order valence-electron chi connectivity index (χ3n) is 5.14. The number of carbonyl (C=O) groups excluding carboxylic acids is 1. The van der Waals surface area contributed by atoms with Gasteiger partial charge < -0.3 is 10.6 Å². The molecule has 0 radical (unpaired) electrons. The number of hydrogen-bond donors (Lipinski definition) is 2. The summed E-state index contributed by atoms with van der Waals surface area (Å²) in [5, 5.41) is 20.2. The molecule has 1 aliphatic rings. The molecular weight excluding hydrogens is 342 g/mol. The molecule has 3 aromatic rings. The van der Waals surface area contributed by atoms with Crippen LogP contribution in [0, 0.1) is 6.92 Å². The standard InChI is InChI=1S/C19H25N7O/c1-12(2)25-17-10-15(5-4-14(17)11-21-25)22-19(27)18-13(3)26(24-23-18)16-6-8-20-9-7-16/h4-5,10-12,16,20H,6-9H2,1-3H3,(H,22,27). The average Bonchev–Trinajstić information content (AvgIpc) is 3.25. The van der Waals surface area contributed by atoms with Crippen molar-refractivity contribution in [3.63, 3.8) is 0 Å². The predicted octanol–water partition coefficient (Wildman–Crippen LogP) is 2.69. The molecule has 8 nitrogen and oxygen atoms in total. The van der Waals surface area contributed by atoms with Gasteiger partial charge in [-0.15, -0.1) is 5.10 Å². The smallest absolute Gasteiger partial charge is 0.278 e. The lowest BCUT2D eigenvalue weighted by Gasteiger charge is -2.23. The van der Waals surface area contributed by atoms with Crippen molar-refractivity contribution in [2.45, 2.75) is 45.7 Å². The van der Waals surface area contributed by atoms with E-state index in [0.29, 0.717) is 11.7 Å². The molecule has 4 rings (SSSR count). The van der Waals surface area contributed by atoms with Crippen molar-refractivity contribution in [2.24, 2.45) is 0 Å². The molecule has 0 aliphatic carbocycles. The fourth-order valence-electron chi connectivity index (χ4n) is 3.67. The van der Waals surface area contributed by atoms with Gasteiger partial charge in [0.05, 0.1) is 23.4 Å². The van der Waals surface area contributed by atoms with Crippen molar-refractivity contribution in [2.75, 3.05) is 18.4 Å². The Bertz CT molecular complexity index is 966. The van der Waals surface area contributed by atoms with Gasteiger partial charge in [0.15, 0.2) is 5.69 Å². The third-order valence-corrected chi connectivity index (χ3v) is 5.14. The predicted molar refractivity (Wildman–Crippen MR) is 104 cm³/mol. The van der Waals surface area contributed by atoms with Crippen LogP contribution in [0.1, 0.15) is 55.0 Å². The number of aromatic nitrogens is 5. The van der Waals surface area contributed by atoms with Gasteiger partial charge in [0.25, 0.3) is 5.91 Å². The van der Waals surface area contributed by atoms with Gasteiger partial charge in [-0.05, 0) is 64.9 Å². The highest BCUT2D eigenvalue weighted by Gasteiger charge is 2.23. The van der Waals surface area contributed by atoms with Gasteiger partial charge in [-0.1, -0.05) is 5.21 Å². The Hall–Kier alpha value is -2.74. The minimum Gasteiger partial charge on any atom is -0.320 e. The van der Waals surface area contributed by atoms with Crippen molar-refractivity contribution in [1.29, 1.82) is 0 Å². The van der Waals surface area contributed by atoms with E-state index in [1.807, 2.05) is 40.7 Å². The molecule has 1 aromatic carbocycles. The molecule has 1 aliphatic heterocycles. The second kappa shape index (κ2) is 7.11. The summed E-state index contributed by atoms with van der Waals surface area (Å²) in [7, 11) is 0. The molecule has 0 unspecified atom stereocenters. The first-order valence-electron chi connectivity index (χ1n) is 9.45. The van der Waals surface area contributed by atoms with Gasteiger partial charge in [0.2, 0.25) is 0 Å². The largest absolute Gasteiger partial charge is 0.320 e. The van der Waals surface area contributed by atoms with Crippen molar-refractivity contribution in [1.82, 2.24) is 30.1 Å². The molecule has 27 heavy (non-hydrogen) atoms. The molecule has 8 heteroatoms. The zero-order valence-electron chi connectivity index (χ0n) is 15.9. The van der Waals surface area contributed by atoms with Gasteiger partial charge >= 0.3 is 0 Å². The summed E-state index contributed by atoms with van der Waals surface area (Å²) < 4.78 is 3.84. The number of amides is 1. The van der Waals surface area contributed by atoms with Crippen LogP contribution < -0.4 is 10.6 Å². The highest BCUT2D eigenvalue weighted by molar-refractivity contribution is 6.04. The van der Waals surface area contributed by atoms with Crippen LogP contribution in [0.4, 0.5) is 5.69 Å². The summed E-state index contributed by atoms with van der Waals surface area (Å²) >= 11 is 0. The first kappa shape index (κ1) is 17.7. The second-order valence-electron chi connectivity index (χ2n) is 7.36. The Morgan fingerprint density at radius 1 is 1.30 bits per heavy atom. The molecule has 0 bridgehead atoms. The van der Waals surface area contributed by atoms with Crippen molar-refractivity contribution in [3.05, 3.63) is 35.8 Å². The lowest BCUT2D eigenvalue weighted by atomic mass is 10.1. The number of nitrogens with one attached hydrogen (secondary N) is 2. The van der Waals surface area contributed by atoms with Crippen molar-refractivity contribution >= 4 is 22.5 Å². The van der Waals surface area contributed by atoms with Crippen LogP contribution in [0.25, 0.3) is 10.9 Å². The second-order valence-corrected chi connectivity index (χ2v) is 7.36. The Morgan fingerprint density at radius 2 is 2.07 bits per heavy atom. The summed E-state index contributed by atoms with van der Waals surface area (Å²) in [6.45, 7) is 8.01. The minimum absolute atomic E-state index is 0.234. The van der Waals surface area contributed by atoms with Crippen LogP contribution in [0.15, 0.2) is 24.4 Å². The van der Waals surface area contributed by atoms with Crippen LogP contribution >= 0.6 is 0 Å². The number of benzene rings is 1. The number of hydrogen-bond acceptors (Lipinski definition) is 5. The molecule has 1 fully saturated rings. The van der Waals surface area contributed by atoms with Crippen molar-refractivity contribution < 1.29 is 4.79 Å². The van der Waals surface area contributed by atoms with E-state index < -0.39 is 0 Å². The zero-order valence-corrected chi connectivity index (χ0v) is 15.9. The van der Waals surface area contributed by atoms with E-state index in [-0.39, 0.29) is 11.9 Å². The van der Waals surface area contributed by atoms with Crippen LogP contribution in [0.3, 0.4) is 0 Å². The zero-order chi connectivity index (χ0) is 19.0. The molecule has 1 amide bonds. The minimum atomic E-state index is -0.234. The first-order chi connectivity index (χ1) is 13.0. The van der Waals surface area contributed by atoms with Crippen LogP contribution in [0.2, 0.25) is 0 Å². The van der Waals surface area contributed by atoms with E-state index in [9.17, 15) is 4.79 Å². The van der Waals surface area contributed by atoms with Crippen LogP contribution in [-0.4, -0.2) is 43.8 Å². The Labute approximate surface area is 157 Å². The number of rotatable bonds is 4. The maximum Gasteiger partial charge on any atom is 0.278 e. The lowest BCUT2D eigenvalue weighted by molar-refractivity contribution is 0.102. The molecular formula is C19H25N7O. The topological polar surface area (TPSA) is 89.7 Å². The molecule has 0 spiro atoms. The van der Waals surface area contributed by atoms with Gasteiger partial charge in [-0.3, -0.25) is 9.48 Å². The summed E-state index contributed by atoms with van der Waals surface area (Å²) in [5.41, 5.74) is 2.92. The van der Waals surface area contributed by atoms with E-state index in [2.05, 4.69) is 39.9 Å². The molecule has 0 atom stereocenters. The molecule has 0 saturated carbocycles. The lowest BCUT2D eigenvalue weighted by Crippen LogP contribution is -2.30. The summed E-state index contributed by atoms with van der Waals surface area (Å²) in [5.74, 6) is -0.234. The number of anilines is 1. The third kappa shape index (κ3) is 3.32. The molecule has 142 valence electrons. The summed E-state index contributed by atoms with van der Waals surface area (Å²) in [4.78, 5) is 12.8. The monoisotopic (exact) mass is 367 g/mol. The van der Waals surface area contributed by atoms with E-state index in [0.717, 1.165) is 48.2 Å². The maximum atomic E-state index is 12.8. The fraction of sp³-hybridized carbons (Fsp3) is 0.474.